The molecule has 13 N–H and O–H groups in total. The smallest absolute Gasteiger partial charge is 0.251 e. The molecule has 10 aliphatic rings. The van der Waals surface area contributed by atoms with Gasteiger partial charge in [0.15, 0.2) is 28.2 Å². The number of hydrogen-bond donors (Lipinski definition) is 12. The van der Waals surface area contributed by atoms with Gasteiger partial charge in [-0.2, -0.15) is 48.1 Å². The Morgan fingerprint density at radius 3 is 0.945 bits per heavy atom. The highest BCUT2D eigenvalue weighted by Gasteiger charge is 2.33. The first kappa shape index (κ1) is 93.3. The van der Waals surface area contributed by atoms with Gasteiger partial charge in [0.1, 0.15) is 34.9 Å². The van der Waals surface area contributed by atoms with Crippen molar-refractivity contribution in [2.45, 2.75) is 147 Å². The summed E-state index contributed by atoms with van der Waals surface area (Å²) in [6, 6.07) is 40.1. The number of benzene rings is 2. The summed E-state index contributed by atoms with van der Waals surface area (Å²) >= 11 is 0. The van der Waals surface area contributed by atoms with Crippen LogP contribution in [0.5, 0.6) is 0 Å². The van der Waals surface area contributed by atoms with Gasteiger partial charge in [0, 0.05) is 270 Å². The van der Waals surface area contributed by atoms with Crippen molar-refractivity contribution in [1.29, 1.82) is 0 Å². The van der Waals surface area contributed by atoms with Crippen LogP contribution in [0.25, 0.3) is 115 Å². The van der Waals surface area contributed by atoms with Crippen molar-refractivity contribution in [2.24, 2.45) is 5.73 Å². The molecule has 2 aromatic carbocycles. The van der Waals surface area contributed by atoms with E-state index in [0.717, 1.165) is 194 Å². The summed E-state index contributed by atoms with van der Waals surface area (Å²) in [5, 5.41) is 56.8. The van der Waals surface area contributed by atoms with E-state index in [9.17, 15) is 28.8 Å². The Labute approximate surface area is 832 Å². The van der Waals surface area contributed by atoms with Crippen LogP contribution < -0.4 is 69.1 Å². The standard InChI is InChI=1S/C24H24N6O2.C22H23N7O.C22H22N6O.2C20H18N6O/c1-14-8-18(24(32)27-14)10-19-13-26-30-22(28-20-6-7-20)11-21(29-23(19)30)17-5-3-4-16(9-17)12-25-15(2)31;1-13-8-15(22(30)25-13)9-16-12-24-29-20(26-17-5-6-17)10-18(27-21(16)29)14-4-7-19(23-11-14)28(2)3;1-13-7-16(22(29)25-13)9-17-12-24-28-20(26-18-5-6-18)10-19(27-21(17)28)15-4-2-3-14(8-15)11-23;1-12-8-14(20(27)23-12)9-15-11-22-26-18(24-16-2-3-16)10-17(25-19(15)26)13-4-6-21-7-5-13;1-12-7-14(20(27)23-12)8-15-11-22-26-18(24-16-4-5-16)9-17(25-19(15)26)13-3-2-6-21-10-13/h3-5,9-11,13,20,28H,1,6-8,12H2,2H3,(H,25,31)(H,27,32);4,7,9-12,17,26H,1,5-6,8H2,2-3H3,(H,25,30);2-4,8-10,12,18,26H,1,5-7,11,23H2,(H,25,29);4-7,9-11,16,24H,1-3,8H2,(H,23,27);2-3,6,8-11,16,24H,1,4-5,7H2,(H,23,27)/b18-10+;15-9+;16-9+;14-9+;14-8+. The van der Waals surface area contributed by atoms with Gasteiger partial charge in [0.2, 0.25) is 5.91 Å². The molecular formula is C108H105N31O6. The van der Waals surface area contributed by atoms with Crippen LogP contribution in [-0.2, 0) is 41.9 Å². The lowest BCUT2D eigenvalue weighted by atomic mass is 10.1. The van der Waals surface area contributed by atoms with E-state index in [2.05, 4.69) is 138 Å². The minimum absolute atomic E-state index is 0.0681. The highest BCUT2D eigenvalue weighted by Crippen LogP contribution is 2.39. The molecule has 6 amide bonds. The van der Waals surface area contributed by atoms with Gasteiger partial charge < -0.3 is 69.1 Å². The Balaban J connectivity index is 0.000000107. The summed E-state index contributed by atoms with van der Waals surface area (Å²) in [4.78, 5) is 111. The zero-order valence-corrected chi connectivity index (χ0v) is 80.1. The summed E-state index contributed by atoms with van der Waals surface area (Å²) in [6.45, 7) is 21.6. The van der Waals surface area contributed by atoms with Crippen LogP contribution in [0, 0.1) is 0 Å². The minimum atomic E-state index is -0.132. The molecule has 13 aromatic heterocycles. The predicted octanol–water partition coefficient (Wildman–Crippen LogP) is 14.3. The van der Waals surface area contributed by atoms with Gasteiger partial charge in [0.25, 0.3) is 29.5 Å². The number of carbonyl (C=O) groups is 6. The van der Waals surface area contributed by atoms with Gasteiger partial charge in [-0.3, -0.25) is 38.7 Å². The Kier molecular flexibility index (Phi) is 25.7. The van der Waals surface area contributed by atoms with Gasteiger partial charge in [0.05, 0.1) is 59.5 Å². The first-order chi connectivity index (χ1) is 70.4. The molecule has 0 atom stereocenters. The average molecular weight is 1930 g/mol. The van der Waals surface area contributed by atoms with Crippen molar-refractivity contribution in [3.63, 3.8) is 0 Å². The summed E-state index contributed by atoms with van der Waals surface area (Å²) < 4.78 is 9.00. The number of nitrogens with zero attached hydrogens (tertiary/aromatic N) is 19. The molecule has 37 heteroatoms. The molecule has 10 fully saturated rings. The largest absolute Gasteiger partial charge is 0.367 e. The molecule has 25 rings (SSSR count). The van der Waals surface area contributed by atoms with Crippen molar-refractivity contribution in [2.75, 3.05) is 45.6 Å². The Morgan fingerprint density at radius 1 is 0.366 bits per heavy atom. The molecule has 37 nitrogen and oxygen atoms in total. The SMILES string of the molecule is C=C1C/C(=C\c2cnn3c(NC4CC4)cc(-c4ccc(N(C)C)nc4)nc23)C(=O)N1.C=C1C/C(=C\c2cnn3c(NC4CC4)cc(-c4cccc(CN)c4)nc23)C(=O)N1.C=C1C/C(=C\c2cnn3c(NC4CC4)cc(-c4cccc(CNC(C)=O)c4)nc23)C(=O)N1.C=C1C/C(=C\c2cnn3c(NC4CC4)cc(-c4cccnc4)nc23)C(=O)N1.C=C1C/C(=C\c2cnn3c(NC4CC4)cc(-c4ccncc4)nc23)C(=O)N1. The number of rotatable bonds is 24. The lowest BCUT2D eigenvalue weighted by molar-refractivity contribution is -0.119. The number of hydrogen-bond acceptors (Lipinski definition) is 26. The zero-order chi connectivity index (χ0) is 99.8. The molecule has 5 aliphatic heterocycles. The van der Waals surface area contributed by atoms with Gasteiger partial charge in [-0.15, -0.1) is 0 Å². The highest BCUT2D eigenvalue weighted by molar-refractivity contribution is 6.06. The van der Waals surface area contributed by atoms with Crippen molar-refractivity contribution in [1.82, 2.24) is 120 Å². The lowest BCUT2D eigenvalue weighted by Crippen LogP contribution is -2.18. The fourth-order valence-corrected chi connectivity index (χ4v) is 17.1. The van der Waals surface area contributed by atoms with E-state index in [0.29, 0.717) is 160 Å². The molecule has 0 radical (unpaired) electrons. The number of pyridine rings is 3. The molecule has 18 heterocycles. The monoisotopic (exact) mass is 1930 g/mol. The fourth-order valence-electron chi connectivity index (χ4n) is 17.1. The summed E-state index contributed by atoms with van der Waals surface area (Å²) in [6.07, 6.45) is 40.9. The Morgan fingerprint density at radius 2 is 0.669 bits per heavy atom. The second-order valence-corrected chi connectivity index (χ2v) is 37.7. The van der Waals surface area contributed by atoms with Crippen molar-refractivity contribution in [3.05, 3.63) is 305 Å². The Bertz CT molecular complexity index is 7810. The second-order valence-electron chi connectivity index (χ2n) is 37.7. The van der Waals surface area contributed by atoms with Crippen LogP contribution >= 0.6 is 0 Å². The fraction of sp³-hybridized carbons (Fsp3) is 0.231. The minimum Gasteiger partial charge on any atom is -0.367 e. The third kappa shape index (κ3) is 21.7. The molecule has 5 saturated carbocycles. The lowest BCUT2D eigenvalue weighted by Gasteiger charge is -2.12. The third-order valence-corrected chi connectivity index (χ3v) is 25.4. The maximum absolute atomic E-state index is 12.2. The maximum Gasteiger partial charge on any atom is 0.251 e. The number of amides is 6. The third-order valence-electron chi connectivity index (χ3n) is 25.4. The highest BCUT2D eigenvalue weighted by atomic mass is 16.2. The van der Waals surface area contributed by atoms with E-state index in [1.807, 2.05) is 169 Å². The molecule has 5 saturated heterocycles. The van der Waals surface area contributed by atoms with Gasteiger partial charge in [-0.1, -0.05) is 69.3 Å². The van der Waals surface area contributed by atoms with Crippen LogP contribution in [0.2, 0.25) is 0 Å². The number of aromatic nitrogens is 18. The summed E-state index contributed by atoms with van der Waals surface area (Å²) in [5.74, 6) is 4.69. The van der Waals surface area contributed by atoms with E-state index in [-0.39, 0.29) is 35.4 Å². The zero-order valence-electron chi connectivity index (χ0n) is 80.1. The van der Waals surface area contributed by atoms with Crippen molar-refractivity contribution >= 4 is 129 Å². The number of nitrogens with two attached hydrogens (primary N) is 1. The van der Waals surface area contributed by atoms with Crippen molar-refractivity contribution < 1.29 is 28.8 Å². The molecule has 728 valence electrons. The van der Waals surface area contributed by atoms with Gasteiger partial charge >= 0.3 is 0 Å². The Hall–Kier alpha value is -18.0. The summed E-state index contributed by atoms with van der Waals surface area (Å²) in [5.41, 5.74) is 31.1. The molecule has 5 aliphatic carbocycles. The number of nitrogens with one attached hydrogen (secondary N) is 11. The number of allylic oxidation sites excluding steroid dienone is 5. The predicted molar refractivity (Wildman–Crippen MR) is 558 cm³/mol. The topological polar surface area (TPSA) is 454 Å². The molecule has 0 bridgehead atoms. The summed E-state index contributed by atoms with van der Waals surface area (Å²) in [7, 11) is 3.92. The van der Waals surface area contributed by atoms with Crippen LogP contribution in [0.15, 0.2) is 266 Å². The van der Waals surface area contributed by atoms with Crippen LogP contribution in [0.3, 0.4) is 0 Å². The van der Waals surface area contributed by atoms with E-state index in [4.69, 9.17) is 30.7 Å². The molecule has 15 aromatic rings. The van der Waals surface area contributed by atoms with E-state index in [1.54, 1.807) is 73.8 Å². The van der Waals surface area contributed by atoms with E-state index in [1.165, 1.54) is 6.92 Å². The number of carbonyl (C=O) groups excluding carboxylic acids is 6. The van der Waals surface area contributed by atoms with E-state index >= 15 is 0 Å². The second kappa shape index (κ2) is 39.9. The van der Waals surface area contributed by atoms with Gasteiger partial charge in [-0.25, -0.2) is 29.9 Å². The van der Waals surface area contributed by atoms with E-state index < -0.39 is 0 Å². The first-order valence-electron chi connectivity index (χ1n) is 48.2. The quantitative estimate of drug-likeness (QED) is 0.0250. The first-order valence-corrected chi connectivity index (χ1v) is 48.2. The molecule has 0 spiro atoms. The number of anilines is 6. The molecule has 145 heavy (non-hydrogen) atoms. The van der Waals surface area contributed by atoms with Crippen LogP contribution in [0.1, 0.15) is 142 Å². The molecule has 0 unspecified atom stereocenters. The number of fused-ring (bicyclic) bond motifs is 5. The normalized spacial score (nSPS) is 17.8. The van der Waals surface area contributed by atoms with Crippen LogP contribution in [-0.4, -0.2) is 168 Å². The average Bonchev–Trinajstić information content (AvgIpc) is 1.63. The van der Waals surface area contributed by atoms with Crippen molar-refractivity contribution in [3.8, 4) is 56.3 Å². The maximum atomic E-state index is 12.2. The molecular weight excluding hydrogens is 1830 g/mol. The van der Waals surface area contributed by atoms with Crippen LogP contribution in [0.4, 0.5) is 34.9 Å². The van der Waals surface area contributed by atoms with Gasteiger partial charge in [-0.05, 0) is 154 Å².